The number of ether oxygens (including phenoxy) is 14. The Morgan fingerprint density at radius 2 is 1.10 bits per heavy atom. The summed E-state index contributed by atoms with van der Waals surface area (Å²) < 4.78 is 84.5. The maximum atomic E-state index is 16.1. The number of hydrogen-bond donors (Lipinski definition) is 14. The molecule has 14 N–H and O–H groups in total. The van der Waals surface area contributed by atoms with Crippen molar-refractivity contribution in [3.05, 3.63) is 11.6 Å². The van der Waals surface area contributed by atoms with Crippen molar-refractivity contribution in [2.24, 2.45) is 50.2 Å². The van der Waals surface area contributed by atoms with Gasteiger partial charge >= 0.3 is 17.9 Å². The molecule has 6 saturated heterocycles. The fraction of sp³-hybridized carbons (Fsp3) is 0.910. The number of rotatable bonds is 16. The van der Waals surface area contributed by atoms with Gasteiger partial charge in [-0.15, -0.1) is 0 Å². The zero-order valence-corrected chi connectivity index (χ0v) is 57.4. The van der Waals surface area contributed by atoms with Gasteiger partial charge in [-0.1, -0.05) is 53.2 Å². The topological polar surface area (TPSA) is 481 Å². The second-order valence-corrected chi connectivity index (χ2v) is 31.4. The van der Waals surface area contributed by atoms with Crippen molar-refractivity contribution >= 4 is 24.2 Å². The van der Waals surface area contributed by atoms with Gasteiger partial charge in [0.1, 0.15) is 110 Å². The van der Waals surface area contributed by atoms with Crippen molar-refractivity contribution < 1.29 is 157 Å². The van der Waals surface area contributed by atoms with E-state index in [1.54, 1.807) is 6.92 Å². The van der Waals surface area contributed by atoms with Gasteiger partial charge in [0, 0.05) is 6.92 Å². The van der Waals surface area contributed by atoms with Crippen molar-refractivity contribution in [2.75, 3.05) is 26.9 Å². The van der Waals surface area contributed by atoms with Crippen LogP contribution in [0.1, 0.15) is 127 Å². The van der Waals surface area contributed by atoms with Gasteiger partial charge in [0.25, 0.3) is 0 Å². The molecule has 0 aromatic heterocycles. The van der Waals surface area contributed by atoms with Gasteiger partial charge in [-0.25, -0.2) is 4.79 Å². The first kappa shape index (κ1) is 76.9. The van der Waals surface area contributed by atoms with E-state index >= 15 is 4.79 Å². The van der Waals surface area contributed by atoms with Crippen LogP contribution in [0.15, 0.2) is 11.6 Å². The smallest absolute Gasteiger partial charge is 0.337 e. The van der Waals surface area contributed by atoms with E-state index in [1.165, 1.54) is 13.8 Å². The quantitative estimate of drug-likeness (QED) is 0.0239. The van der Waals surface area contributed by atoms with Crippen LogP contribution in [0.5, 0.6) is 0 Å². The molecule has 32 heteroatoms. The van der Waals surface area contributed by atoms with Gasteiger partial charge in [0.2, 0.25) is 6.29 Å². The normalized spacial score (nSPS) is 52.9. The third kappa shape index (κ3) is 13.4. The lowest BCUT2D eigenvalue weighted by atomic mass is 9.33. The fourth-order valence-electron chi connectivity index (χ4n) is 19.1. The largest absolute Gasteiger partial charge is 0.467 e. The predicted octanol–water partition coefficient (Wildman–Crippen LogP) is -3.12. The van der Waals surface area contributed by atoms with Crippen LogP contribution < -0.4 is 0 Å². The molecule has 37 atom stereocenters. The lowest BCUT2D eigenvalue weighted by Crippen LogP contribution is -2.68. The van der Waals surface area contributed by atoms with E-state index in [9.17, 15) is 85.9 Å². The molecule has 0 aromatic rings. The molecule has 32 nitrogen and oxygen atoms in total. The highest BCUT2D eigenvalue weighted by Crippen LogP contribution is 2.76. The van der Waals surface area contributed by atoms with Crippen LogP contribution in [-0.2, 0) is 85.5 Å². The van der Waals surface area contributed by atoms with E-state index < -0.39 is 249 Å². The van der Waals surface area contributed by atoms with E-state index in [2.05, 4.69) is 40.7 Å². The molecular formula is C67H104O32. The van der Waals surface area contributed by atoms with Gasteiger partial charge in [0.05, 0.1) is 56.1 Å². The first-order chi connectivity index (χ1) is 46.5. The predicted molar refractivity (Wildman–Crippen MR) is 328 cm³/mol. The molecule has 0 radical (unpaired) electrons. The van der Waals surface area contributed by atoms with Crippen LogP contribution in [0.25, 0.3) is 0 Å². The molecule has 11 aliphatic rings. The van der Waals surface area contributed by atoms with Crippen LogP contribution in [0, 0.1) is 50.2 Å². The Balaban J connectivity index is 0.879. The number of carbonyl (C=O) groups excluding carboxylic acids is 4. The van der Waals surface area contributed by atoms with Crippen molar-refractivity contribution in [1.29, 1.82) is 0 Å². The summed E-state index contributed by atoms with van der Waals surface area (Å²) in [6.45, 7) is 15.1. The zero-order valence-electron chi connectivity index (χ0n) is 57.4. The molecule has 0 bridgehead atoms. The highest BCUT2D eigenvalue weighted by molar-refractivity contribution is 5.79. The third-order valence-corrected chi connectivity index (χ3v) is 25.2. The summed E-state index contributed by atoms with van der Waals surface area (Å²) in [7, 11) is 1.05. The maximum Gasteiger partial charge on any atom is 0.337 e. The minimum Gasteiger partial charge on any atom is -0.467 e. The highest BCUT2D eigenvalue weighted by Gasteiger charge is 2.71. The van der Waals surface area contributed by atoms with Crippen molar-refractivity contribution in [3.63, 3.8) is 0 Å². The van der Waals surface area contributed by atoms with Crippen molar-refractivity contribution in [3.8, 4) is 0 Å². The molecule has 0 amide bonds. The van der Waals surface area contributed by atoms with Crippen LogP contribution in [0.2, 0.25) is 0 Å². The molecule has 6 aliphatic heterocycles. The van der Waals surface area contributed by atoms with Gasteiger partial charge in [-0.05, 0) is 117 Å². The van der Waals surface area contributed by atoms with Crippen LogP contribution in [0.3, 0.4) is 0 Å². The average Bonchev–Trinajstić information content (AvgIpc) is 0.675. The molecule has 4 saturated carbocycles. The van der Waals surface area contributed by atoms with Gasteiger partial charge in [-0.3, -0.25) is 9.59 Å². The highest BCUT2D eigenvalue weighted by atomic mass is 16.8. The lowest BCUT2D eigenvalue weighted by molar-refractivity contribution is -0.388. The Hall–Kier alpha value is -3.18. The Bertz CT molecular complexity index is 2900. The average molecular weight is 1420 g/mol. The molecule has 0 spiro atoms. The summed E-state index contributed by atoms with van der Waals surface area (Å²) in [5.41, 5.74) is -3.30. The molecule has 6 heterocycles. The Labute approximate surface area is 572 Å². The Kier molecular flexibility index (Phi) is 22.5. The summed E-state index contributed by atoms with van der Waals surface area (Å²) in [6.07, 6.45) is -41.1. The van der Waals surface area contributed by atoms with Gasteiger partial charge < -0.3 is 143 Å². The summed E-state index contributed by atoms with van der Waals surface area (Å²) in [6, 6.07) is 0. The van der Waals surface area contributed by atoms with E-state index in [-0.39, 0.29) is 23.7 Å². The molecule has 99 heavy (non-hydrogen) atoms. The number of aliphatic hydroxyl groups is 14. The van der Waals surface area contributed by atoms with Gasteiger partial charge in [0.15, 0.2) is 49.8 Å². The molecule has 564 valence electrons. The van der Waals surface area contributed by atoms with E-state index in [4.69, 9.17) is 66.3 Å². The maximum absolute atomic E-state index is 16.1. The standard InChI is InChI=1S/C67H104O32/c1-26-48(94-55-44(80)37(73)31(71)23-87-55)43(79)47(83)57(89-26)98-53-52(97-56-45(81)38(74)32(72)24-88-56)49(91-28(3)70)27(2)90-60(53)99-61(85)67-19-17-62(4,5)21-30(67)29-11-12-35-63(6)15-14-36(64(7,25-69)34(63)13-16-66(35,9)65(29,8)18-20-67)93-59-51(42(78)41(77)50(95-59)54(84)86-10)96-58-46(82)40(76)39(75)33(22-68)92-58/h11,25-27,30-53,55-60,68,71-83H,12-24H2,1-10H3/t26-,27+,30+,31+,32+,33+,34+,35+,36-,37-,38+,39-,40-,41-,42-,43-,44+,45-,46+,47+,48-,49-,50-,51+,52-,53+,55-,56+,57-,58-,59+,60-,63-,64-,65+,66+,67-/m0/s1. The van der Waals surface area contributed by atoms with Gasteiger partial charge in [-0.2, -0.15) is 0 Å². The summed E-state index contributed by atoms with van der Waals surface area (Å²) in [4.78, 5) is 56.2. The first-order valence-corrected chi connectivity index (χ1v) is 34.7. The molecule has 0 unspecified atom stereocenters. The summed E-state index contributed by atoms with van der Waals surface area (Å²) >= 11 is 0. The number of carbonyl (C=O) groups is 4. The first-order valence-electron chi connectivity index (χ1n) is 34.7. The molecule has 11 rings (SSSR count). The monoisotopic (exact) mass is 1420 g/mol. The SMILES string of the molecule is COC(=O)[C@H]1O[C@@H](O[C@H]2CC[C@]3(C)[C@H]4CC=C5[C@H]6CC(C)(C)CC[C@]6(C(=O)O[C@@H]6O[C@H](C)[C@H](OC(C)=O)[C@H](O[C@H]7OC[C@@H](O)[C@@H](O)[C@@H]7O)[C@H]6O[C@@H]6O[C@@H](C)[C@H](O[C@@H]7OC[C@@H](O)[C@H](O)[C@H]7O)[C@@H](O)[C@H]6O)CC[C@@]5(C)[C@]4(C)CC[C@H]3[C@]2(C)C=O)[C@H](O[C@@H]2O[C@H](CO)[C@H](O)[C@H](O)[C@H]2O)[C@@H](O)[C@@H]1O. The van der Waals surface area contributed by atoms with E-state index in [0.29, 0.717) is 57.8 Å². The number of methoxy groups -OCH3 is 1. The molecule has 5 aliphatic carbocycles. The van der Waals surface area contributed by atoms with E-state index in [0.717, 1.165) is 25.9 Å². The van der Waals surface area contributed by atoms with Crippen LogP contribution >= 0.6 is 0 Å². The van der Waals surface area contributed by atoms with Crippen molar-refractivity contribution in [2.45, 2.75) is 305 Å². The lowest BCUT2D eigenvalue weighted by Gasteiger charge is -2.71. The third-order valence-electron chi connectivity index (χ3n) is 25.2. The summed E-state index contributed by atoms with van der Waals surface area (Å²) in [5, 5.41) is 152. The number of aliphatic hydroxyl groups excluding tert-OH is 14. The molecule has 10 fully saturated rings. The number of hydrogen-bond acceptors (Lipinski definition) is 32. The van der Waals surface area contributed by atoms with Crippen LogP contribution in [-0.4, -0.2) is 301 Å². The Morgan fingerprint density at radius 3 is 1.72 bits per heavy atom. The van der Waals surface area contributed by atoms with Crippen LogP contribution in [0.4, 0.5) is 0 Å². The second-order valence-electron chi connectivity index (χ2n) is 31.4. The second kappa shape index (κ2) is 28.9. The minimum absolute atomic E-state index is 0.0645. The Morgan fingerprint density at radius 1 is 0.545 bits per heavy atom. The van der Waals surface area contributed by atoms with Crippen molar-refractivity contribution in [1.82, 2.24) is 0 Å². The fourth-order valence-corrected chi connectivity index (χ4v) is 19.1. The minimum atomic E-state index is -2.02. The number of esters is 3. The zero-order chi connectivity index (χ0) is 72.3. The number of allylic oxidation sites excluding steroid dienone is 2. The molecular weight excluding hydrogens is 1320 g/mol. The summed E-state index contributed by atoms with van der Waals surface area (Å²) in [5.74, 6) is -3.42. The number of fused-ring (bicyclic) bond motifs is 7. The molecule has 0 aromatic carbocycles. The van der Waals surface area contributed by atoms with E-state index in [1.807, 2.05) is 0 Å². The number of aldehydes is 1.